The van der Waals surface area contributed by atoms with Crippen LogP contribution in [0.4, 0.5) is 15.9 Å². The Labute approximate surface area is 205 Å². The van der Waals surface area contributed by atoms with Crippen LogP contribution in [0.25, 0.3) is 17.1 Å². The van der Waals surface area contributed by atoms with E-state index in [1.807, 2.05) is 18.2 Å². The molecule has 4 aromatic rings. The highest BCUT2D eigenvalue weighted by Gasteiger charge is 2.25. The molecule has 0 spiro atoms. The number of hydrogen-bond donors (Lipinski definition) is 2. The number of nitrogens with zero attached hydrogens (tertiary/aromatic N) is 7. The molecule has 11 nitrogen and oxygen atoms in total. The van der Waals surface area contributed by atoms with Gasteiger partial charge in [0.25, 0.3) is 5.91 Å². The summed E-state index contributed by atoms with van der Waals surface area (Å²) in [7, 11) is 0. The van der Waals surface area contributed by atoms with Crippen molar-refractivity contribution in [3.63, 3.8) is 0 Å². The van der Waals surface area contributed by atoms with Gasteiger partial charge < -0.3 is 10.6 Å². The summed E-state index contributed by atoms with van der Waals surface area (Å²) >= 11 is 0. The molecule has 0 aliphatic carbocycles. The summed E-state index contributed by atoms with van der Waals surface area (Å²) in [6.45, 7) is 3.38. The van der Waals surface area contributed by atoms with E-state index in [-0.39, 0.29) is 23.1 Å². The summed E-state index contributed by atoms with van der Waals surface area (Å²) < 4.78 is 20.8. The van der Waals surface area contributed by atoms with Gasteiger partial charge in [-0.1, -0.05) is 41.6 Å². The third kappa shape index (κ3) is 4.52. The number of nitrogens with two attached hydrogens (primary N) is 1. The van der Waals surface area contributed by atoms with E-state index in [1.165, 1.54) is 17.2 Å². The Morgan fingerprint density at radius 3 is 2.58 bits per heavy atom. The summed E-state index contributed by atoms with van der Waals surface area (Å²) in [4.78, 5) is 15.1. The summed E-state index contributed by atoms with van der Waals surface area (Å²) in [5.74, 6) is -0.833. The number of amides is 1. The molecule has 0 radical (unpaired) electrons. The van der Waals surface area contributed by atoms with Gasteiger partial charge in [0.1, 0.15) is 11.5 Å². The summed E-state index contributed by atoms with van der Waals surface area (Å²) in [6, 6.07) is 14.0. The third-order valence-corrected chi connectivity index (χ3v) is 6.02. The third-order valence-electron chi connectivity index (χ3n) is 6.02. The minimum atomic E-state index is -0.611. The highest BCUT2D eigenvalue weighted by atomic mass is 19.1. The minimum absolute atomic E-state index is 0.00655. The van der Waals surface area contributed by atoms with E-state index in [2.05, 4.69) is 40.7 Å². The van der Waals surface area contributed by atoms with E-state index in [4.69, 9.17) is 5.73 Å². The van der Waals surface area contributed by atoms with Gasteiger partial charge in [-0.3, -0.25) is 4.79 Å². The molecule has 1 fully saturated rings. The number of hydrogen-bond acceptors (Lipinski definition) is 9. The number of aromatic nitrogens is 5. The lowest BCUT2D eigenvalue weighted by Gasteiger charge is -2.29. The van der Waals surface area contributed by atoms with Gasteiger partial charge in [0.2, 0.25) is 11.6 Å². The Hall–Kier alpha value is -4.61. The zero-order valence-electron chi connectivity index (χ0n) is 19.6. The maximum Gasteiger partial charge on any atom is 0.294 e. The second kappa shape index (κ2) is 9.94. The Balaban J connectivity index is 1.40. The highest BCUT2D eigenvalue weighted by molar-refractivity contribution is 6.02. The van der Waals surface area contributed by atoms with Crippen LogP contribution in [0.2, 0.25) is 0 Å². The normalized spacial score (nSPS) is 14.2. The van der Waals surface area contributed by atoms with Crippen LogP contribution < -0.4 is 16.1 Å². The van der Waals surface area contributed by atoms with E-state index in [0.717, 1.165) is 25.9 Å². The molecular formula is C24H24FN9O2. The number of carbonyl (C=O) groups is 1. The zero-order chi connectivity index (χ0) is 25.1. The number of halogens is 1. The van der Waals surface area contributed by atoms with E-state index in [0.29, 0.717) is 28.2 Å². The molecule has 0 saturated carbocycles. The molecule has 3 heterocycles. The predicted octanol–water partition coefficient (Wildman–Crippen LogP) is 3.18. The van der Waals surface area contributed by atoms with Crippen molar-refractivity contribution in [2.75, 3.05) is 23.7 Å². The minimum Gasteiger partial charge on any atom is -0.378 e. The Morgan fingerprint density at radius 1 is 1.11 bits per heavy atom. The number of nitrogens with one attached hydrogen (secondary N) is 1. The van der Waals surface area contributed by atoms with Crippen LogP contribution in [-0.4, -0.2) is 50.0 Å². The van der Waals surface area contributed by atoms with Gasteiger partial charge in [-0.2, -0.15) is 9.78 Å². The first kappa shape index (κ1) is 23.1. The zero-order valence-corrected chi connectivity index (χ0v) is 19.6. The monoisotopic (exact) mass is 489 g/mol. The molecular weight excluding hydrogens is 465 g/mol. The van der Waals surface area contributed by atoms with Gasteiger partial charge in [-0.25, -0.2) is 14.4 Å². The first-order valence-electron chi connectivity index (χ1n) is 11.5. The Morgan fingerprint density at radius 2 is 1.89 bits per heavy atom. The molecule has 12 heteroatoms. The quantitative estimate of drug-likeness (QED) is 0.311. The smallest absolute Gasteiger partial charge is 0.294 e. The predicted molar refractivity (Wildman–Crippen MR) is 131 cm³/mol. The number of anilines is 2. The van der Waals surface area contributed by atoms with E-state index < -0.39 is 5.91 Å². The second-order valence-corrected chi connectivity index (χ2v) is 8.39. The van der Waals surface area contributed by atoms with Crippen molar-refractivity contribution in [2.45, 2.75) is 26.2 Å². The van der Waals surface area contributed by atoms with E-state index in [1.54, 1.807) is 31.2 Å². The summed E-state index contributed by atoms with van der Waals surface area (Å²) in [5, 5.41) is 19.5. The topological polar surface area (TPSA) is 140 Å². The van der Waals surface area contributed by atoms with Crippen molar-refractivity contribution in [3.8, 4) is 17.1 Å². The number of hydrazone groups is 1. The maximum atomic E-state index is 14.8. The molecule has 0 atom stereocenters. The standard InChI is InChI=1S/C24H24FN9O2/c1-15(17-10-11-19(18(25)14-17)33-12-6-3-7-13-33)27-29-24(35)20-21(16-8-4-2-5-9-16)34(32-28-20)23-22(26)30-36-31-23/h2,4-5,8-11,14H,3,6-7,12-13H2,1H3,(H2,26,30)(H,29,35)/b27-15+. The molecule has 1 aliphatic heterocycles. The van der Waals surface area contributed by atoms with Gasteiger partial charge in [0.15, 0.2) is 5.69 Å². The van der Waals surface area contributed by atoms with Crippen molar-refractivity contribution in [3.05, 3.63) is 65.6 Å². The lowest BCUT2D eigenvalue weighted by atomic mass is 10.1. The van der Waals surface area contributed by atoms with Gasteiger partial charge in [0.05, 0.1) is 11.4 Å². The molecule has 5 rings (SSSR count). The Kier molecular flexibility index (Phi) is 6.39. The largest absolute Gasteiger partial charge is 0.378 e. The molecule has 1 amide bonds. The molecule has 36 heavy (non-hydrogen) atoms. The fraction of sp³-hybridized carbons (Fsp3) is 0.250. The second-order valence-electron chi connectivity index (χ2n) is 8.39. The van der Waals surface area contributed by atoms with Crippen LogP contribution in [0.5, 0.6) is 0 Å². The van der Waals surface area contributed by atoms with Crippen LogP contribution in [0, 0.1) is 5.82 Å². The Bertz CT molecular complexity index is 1410. The fourth-order valence-corrected chi connectivity index (χ4v) is 4.15. The van der Waals surface area contributed by atoms with Gasteiger partial charge in [-0.15, -0.1) is 5.10 Å². The lowest BCUT2D eigenvalue weighted by Crippen LogP contribution is -2.30. The maximum absolute atomic E-state index is 14.8. The van der Waals surface area contributed by atoms with Gasteiger partial charge in [0, 0.05) is 24.2 Å². The number of benzene rings is 2. The molecule has 1 saturated heterocycles. The van der Waals surface area contributed by atoms with E-state index in [9.17, 15) is 9.18 Å². The molecule has 0 unspecified atom stereocenters. The van der Waals surface area contributed by atoms with E-state index >= 15 is 0 Å². The van der Waals surface area contributed by atoms with Crippen LogP contribution in [0.15, 0.2) is 58.3 Å². The number of piperidine rings is 1. The average Bonchev–Trinajstić information content (AvgIpc) is 3.54. The lowest BCUT2D eigenvalue weighted by molar-refractivity contribution is 0.0950. The summed E-state index contributed by atoms with van der Waals surface area (Å²) in [5.41, 5.74) is 10.9. The van der Waals surface area contributed by atoms with Crippen LogP contribution >= 0.6 is 0 Å². The van der Waals surface area contributed by atoms with Crippen molar-refractivity contribution < 1.29 is 13.8 Å². The van der Waals surface area contributed by atoms with Crippen molar-refractivity contribution in [1.29, 1.82) is 0 Å². The van der Waals surface area contributed by atoms with Gasteiger partial charge >= 0.3 is 0 Å². The van der Waals surface area contributed by atoms with Crippen LogP contribution in [-0.2, 0) is 0 Å². The molecule has 2 aromatic carbocycles. The number of carbonyl (C=O) groups excluding carboxylic acids is 1. The molecule has 2 aromatic heterocycles. The van der Waals surface area contributed by atoms with Crippen molar-refractivity contribution >= 4 is 23.1 Å². The fourth-order valence-electron chi connectivity index (χ4n) is 4.15. The number of nitrogen functional groups attached to an aromatic ring is 1. The molecule has 0 bridgehead atoms. The van der Waals surface area contributed by atoms with Gasteiger partial charge in [-0.05, 0) is 48.6 Å². The van der Waals surface area contributed by atoms with Crippen molar-refractivity contribution in [1.82, 2.24) is 30.7 Å². The molecule has 3 N–H and O–H groups in total. The average molecular weight is 490 g/mol. The van der Waals surface area contributed by atoms with Crippen LogP contribution in [0.3, 0.4) is 0 Å². The SMILES string of the molecule is C/C(=N\NC(=O)c1nnn(-c2nonc2N)c1-c1ccccc1)c1ccc(N2CCCCC2)c(F)c1. The highest BCUT2D eigenvalue weighted by Crippen LogP contribution is 2.27. The first-order chi connectivity index (χ1) is 17.5. The summed E-state index contributed by atoms with van der Waals surface area (Å²) in [6.07, 6.45) is 3.29. The molecule has 184 valence electrons. The first-order valence-corrected chi connectivity index (χ1v) is 11.5. The molecule has 1 aliphatic rings. The van der Waals surface area contributed by atoms with Crippen LogP contribution in [0.1, 0.15) is 42.2 Å². The van der Waals surface area contributed by atoms with Crippen molar-refractivity contribution in [2.24, 2.45) is 5.10 Å². The number of rotatable bonds is 6.